The third-order valence-electron chi connectivity index (χ3n) is 4.80. The fourth-order valence-electron chi connectivity index (χ4n) is 3.33. The van der Waals surface area contributed by atoms with Crippen LogP contribution in [-0.4, -0.2) is 33.2 Å². The topological polar surface area (TPSA) is 98.1 Å². The minimum Gasteiger partial charge on any atom is -0.483 e. The Kier molecular flexibility index (Phi) is 4.99. The molecule has 1 aliphatic heterocycles. The fourth-order valence-corrected chi connectivity index (χ4v) is 3.33. The first kappa shape index (κ1) is 18.7. The molecule has 4 rings (SSSR count). The highest BCUT2D eigenvalue weighted by Crippen LogP contribution is 2.34. The summed E-state index contributed by atoms with van der Waals surface area (Å²) in [6, 6.07) is 12.9. The Morgan fingerprint density at radius 2 is 2.10 bits per heavy atom. The molecular formula is C21H21N5O3. The molecule has 0 fully saturated rings. The van der Waals surface area contributed by atoms with Gasteiger partial charge in [-0.1, -0.05) is 30.3 Å². The lowest BCUT2D eigenvalue weighted by Gasteiger charge is -2.25. The predicted octanol–water partition coefficient (Wildman–Crippen LogP) is 2.84. The minimum absolute atomic E-state index is 0.141. The van der Waals surface area contributed by atoms with Crippen LogP contribution in [0.4, 0.5) is 11.6 Å². The van der Waals surface area contributed by atoms with Crippen LogP contribution in [0.15, 0.2) is 48.8 Å². The summed E-state index contributed by atoms with van der Waals surface area (Å²) >= 11 is 0. The van der Waals surface area contributed by atoms with E-state index in [1.807, 2.05) is 50.2 Å². The number of carbonyl (C=O) groups excluding carboxylic acids is 2. The van der Waals surface area contributed by atoms with Gasteiger partial charge in [0.25, 0.3) is 5.91 Å². The molecule has 2 heterocycles. The van der Waals surface area contributed by atoms with E-state index in [2.05, 4.69) is 20.7 Å². The smallest absolute Gasteiger partial charge is 0.262 e. The van der Waals surface area contributed by atoms with Gasteiger partial charge in [0.15, 0.2) is 6.61 Å². The van der Waals surface area contributed by atoms with Crippen LogP contribution in [-0.2, 0) is 9.59 Å². The summed E-state index contributed by atoms with van der Waals surface area (Å²) in [5.41, 5.74) is 3.59. The molecule has 29 heavy (non-hydrogen) atoms. The number of aryl methyl sites for hydroxylation is 2. The molecule has 0 spiro atoms. The summed E-state index contributed by atoms with van der Waals surface area (Å²) in [7, 11) is 0. The summed E-state index contributed by atoms with van der Waals surface area (Å²) in [5.74, 6) is 0.535. The van der Waals surface area contributed by atoms with Crippen molar-refractivity contribution in [2.24, 2.45) is 0 Å². The first-order chi connectivity index (χ1) is 14.0. The number of fused-ring (bicyclic) bond motifs is 1. The highest BCUT2D eigenvalue weighted by Gasteiger charge is 2.29. The number of ether oxygens (including phenoxy) is 1. The molecule has 1 aliphatic rings. The first-order valence-electron chi connectivity index (χ1n) is 9.29. The van der Waals surface area contributed by atoms with Crippen molar-refractivity contribution in [1.82, 2.24) is 14.8 Å². The number of benzene rings is 2. The van der Waals surface area contributed by atoms with E-state index < -0.39 is 0 Å². The molecule has 3 aromatic rings. The summed E-state index contributed by atoms with van der Waals surface area (Å²) in [6.45, 7) is 3.77. The number of hydrogen-bond acceptors (Lipinski definition) is 5. The number of carbonyl (C=O) groups is 2. The molecule has 1 aromatic heterocycles. The van der Waals surface area contributed by atoms with Crippen LogP contribution in [0.2, 0.25) is 0 Å². The zero-order valence-corrected chi connectivity index (χ0v) is 16.2. The average Bonchev–Trinajstić information content (AvgIpc) is 3.17. The average molecular weight is 391 g/mol. The lowest BCUT2D eigenvalue weighted by molar-refractivity contribution is -0.118. The van der Waals surface area contributed by atoms with Gasteiger partial charge in [0, 0.05) is 11.3 Å². The van der Waals surface area contributed by atoms with E-state index in [0.29, 0.717) is 11.7 Å². The molecule has 2 aromatic carbocycles. The Morgan fingerprint density at radius 1 is 1.28 bits per heavy atom. The molecule has 0 saturated carbocycles. The largest absolute Gasteiger partial charge is 0.483 e. The van der Waals surface area contributed by atoms with Gasteiger partial charge in [0.1, 0.15) is 12.1 Å². The van der Waals surface area contributed by atoms with Gasteiger partial charge in [-0.3, -0.25) is 14.9 Å². The summed E-state index contributed by atoms with van der Waals surface area (Å²) < 4.78 is 7.47. The number of anilines is 2. The van der Waals surface area contributed by atoms with Crippen molar-refractivity contribution in [1.29, 1.82) is 0 Å². The molecule has 0 unspecified atom stereocenters. The highest BCUT2D eigenvalue weighted by atomic mass is 16.5. The Hall–Kier alpha value is -3.68. The van der Waals surface area contributed by atoms with Crippen molar-refractivity contribution in [3.63, 3.8) is 0 Å². The molecule has 0 aliphatic carbocycles. The number of aromatic nitrogens is 3. The Labute approximate surface area is 167 Å². The van der Waals surface area contributed by atoms with Crippen LogP contribution in [0.3, 0.4) is 0 Å². The van der Waals surface area contributed by atoms with Gasteiger partial charge in [-0.25, -0.2) is 4.68 Å². The van der Waals surface area contributed by atoms with E-state index in [-0.39, 0.29) is 30.9 Å². The molecule has 148 valence electrons. The van der Waals surface area contributed by atoms with Gasteiger partial charge in [-0.15, -0.1) is 0 Å². The maximum atomic E-state index is 12.4. The maximum Gasteiger partial charge on any atom is 0.262 e. The standard InChI is InChI=1S/C21H21N5O3/c1-13-7-8-14(2)16(9-13)24-20(28)11-29-18-6-4-3-5-15(18)17-10-19(27)25-21-22-12-23-26(17)21/h3-9,12,17H,10-11H2,1-2H3,(H,24,28)(H,22,23,25,27)/t17-/m1/s1. The van der Waals surface area contributed by atoms with Crippen LogP contribution < -0.4 is 15.4 Å². The third kappa shape index (κ3) is 3.96. The number of nitrogens with one attached hydrogen (secondary N) is 2. The summed E-state index contributed by atoms with van der Waals surface area (Å²) in [5, 5.41) is 9.79. The number of para-hydroxylation sites is 1. The van der Waals surface area contributed by atoms with Crippen molar-refractivity contribution in [2.45, 2.75) is 26.3 Å². The number of rotatable bonds is 5. The summed E-state index contributed by atoms with van der Waals surface area (Å²) in [6.07, 6.45) is 1.61. The molecule has 8 nitrogen and oxygen atoms in total. The minimum atomic E-state index is -0.348. The zero-order chi connectivity index (χ0) is 20.4. The number of nitrogens with zero attached hydrogens (tertiary/aromatic N) is 3. The number of hydrogen-bond donors (Lipinski definition) is 2. The van der Waals surface area contributed by atoms with Gasteiger partial charge in [-0.05, 0) is 37.1 Å². The van der Waals surface area contributed by atoms with E-state index >= 15 is 0 Å². The maximum absolute atomic E-state index is 12.4. The van der Waals surface area contributed by atoms with Gasteiger partial charge >= 0.3 is 0 Å². The predicted molar refractivity (Wildman–Crippen MR) is 108 cm³/mol. The second kappa shape index (κ2) is 7.75. The van der Waals surface area contributed by atoms with Crippen LogP contribution in [0.25, 0.3) is 0 Å². The molecule has 0 saturated heterocycles. The zero-order valence-electron chi connectivity index (χ0n) is 16.2. The van der Waals surface area contributed by atoms with Crippen LogP contribution in [0.1, 0.15) is 29.2 Å². The monoisotopic (exact) mass is 391 g/mol. The molecule has 0 bridgehead atoms. The van der Waals surface area contributed by atoms with E-state index in [9.17, 15) is 9.59 Å². The summed E-state index contributed by atoms with van der Waals surface area (Å²) in [4.78, 5) is 28.5. The Bertz CT molecular complexity index is 1080. The van der Waals surface area contributed by atoms with E-state index in [1.54, 1.807) is 10.7 Å². The van der Waals surface area contributed by atoms with Crippen molar-refractivity contribution in [3.8, 4) is 5.75 Å². The molecule has 8 heteroatoms. The quantitative estimate of drug-likeness (QED) is 0.697. The van der Waals surface area contributed by atoms with Crippen molar-refractivity contribution in [3.05, 3.63) is 65.5 Å². The molecule has 1 atom stereocenters. The second-order valence-electron chi connectivity index (χ2n) is 6.99. The second-order valence-corrected chi connectivity index (χ2v) is 6.99. The lowest BCUT2D eigenvalue weighted by Crippen LogP contribution is -2.29. The Morgan fingerprint density at radius 3 is 2.97 bits per heavy atom. The molecule has 2 amide bonds. The van der Waals surface area contributed by atoms with Gasteiger partial charge in [0.2, 0.25) is 11.9 Å². The van der Waals surface area contributed by atoms with E-state index in [4.69, 9.17) is 4.74 Å². The van der Waals surface area contributed by atoms with Gasteiger partial charge < -0.3 is 10.1 Å². The normalized spacial score (nSPS) is 15.4. The fraction of sp³-hybridized carbons (Fsp3) is 0.238. The third-order valence-corrected chi connectivity index (χ3v) is 4.80. The lowest BCUT2D eigenvalue weighted by atomic mass is 10.0. The van der Waals surface area contributed by atoms with E-state index in [1.165, 1.54) is 6.33 Å². The van der Waals surface area contributed by atoms with Crippen LogP contribution in [0.5, 0.6) is 5.75 Å². The van der Waals surface area contributed by atoms with Crippen molar-refractivity contribution >= 4 is 23.5 Å². The SMILES string of the molecule is Cc1ccc(C)c(NC(=O)COc2ccccc2[C@H]2CC(=O)Nc3ncnn32)c1. The molecular weight excluding hydrogens is 370 g/mol. The van der Waals surface area contributed by atoms with E-state index in [0.717, 1.165) is 22.4 Å². The highest BCUT2D eigenvalue weighted by molar-refractivity contribution is 5.93. The molecule has 2 N–H and O–H groups in total. The number of amides is 2. The van der Waals surface area contributed by atoms with Crippen LogP contribution >= 0.6 is 0 Å². The van der Waals surface area contributed by atoms with Crippen molar-refractivity contribution < 1.29 is 14.3 Å². The Balaban J connectivity index is 1.50. The van der Waals surface area contributed by atoms with Crippen LogP contribution in [0, 0.1) is 13.8 Å². The van der Waals surface area contributed by atoms with Crippen molar-refractivity contribution in [2.75, 3.05) is 17.2 Å². The molecule has 0 radical (unpaired) electrons. The van der Waals surface area contributed by atoms with Gasteiger partial charge in [-0.2, -0.15) is 10.1 Å². The van der Waals surface area contributed by atoms with Gasteiger partial charge in [0.05, 0.1) is 12.5 Å². The first-order valence-corrected chi connectivity index (χ1v) is 9.29.